The molecule has 4 unspecified atom stereocenters. The molecule has 0 heterocycles. The second kappa shape index (κ2) is 12.6. The van der Waals surface area contributed by atoms with Crippen molar-refractivity contribution in [2.24, 2.45) is 17.2 Å². The van der Waals surface area contributed by atoms with Gasteiger partial charge in [-0.1, -0.05) is 0 Å². The zero-order chi connectivity index (χ0) is 22.7. The number of amides is 5. The summed E-state index contributed by atoms with van der Waals surface area (Å²) in [6.07, 6.45) is -1.08. The first-order valence-corrected chi connectivity index (χ1v) is 9.09. The van der Waals surface area contributed by atoms with E-state index in [0.717, 1.165) is 0 Å². The number of carboxylic acids is 1. The molecule has 0 saturated heterocycles. The van der Waals surface area contributed by atoms with E-state index in [4.69, 9.17) is 22.3 Å². The number of carbonyl (C=O) groups excluding carboxylic acids is 5. The minimum Gasteiger partial charge on any atom is -0.480 e. The molecular weight excluding hydrogens is 408 g/mol. The Morgan fingerprint density at radius 2 is 1.34 bits per heavy atom. The van der Waals surface area contributed by atoms with Gasteiger partial charge in [0, 0.05) is 12.2 Å². The standard InChI is InChI=1S/C15H26N6O7S/c1-6(16)12(24)20-8(4-11(18)23)13(25)21-9(5-29)14(26)19-7(15(27)28)2-3-10(17)22/h6-9,29H,2-5,16H2,1H3,(H2,17,22)(H2,18,23)(H,19,26)(H,20,24)(H,21,25)(H,27,28). The smallest absolute Gasteiger partial charge is 0.326 e. The topological polar surface area (TPSA) is 237 Å². The van der Waals surface area contributed by atoms with Crippen LogP contribution in [0.3, 0.4) is 0 Å². The fourth-order valence-electron chi connectivity index (χ4n) is 2.00. The summed E-state index contributed by atoms with van der Waals surface area (Å²) in [6, 6.07) is -5.09. The predicted molar refractivity (Wildman–Crippen MR) is 103 cm³/mol. The number of thiol groups is 1. The first-order chi connectivity index (χ1) is 13.4. The van der Waals surface area contributed by atoms with Crippen molar-refractivity contribution in [2.45, 2.75) is 50.4 Å². The molecule has 164 valence electrons. The number of carboxylic acid groups (broad SMARTS) is 1. The summed E-state index contributed by atoms with van der Waals surface area (Å²) in [5.41, 5.74) is 15.4. The van der Waals surface area contributed by atoms with E-state index in [9.17, 15) is 28.8 Å². The van der Waals surface area contributed by atoms with Gasteiger partial charge < -0.3 is 38.3 Å². The number of hydrogen-bond acceptors (Lipinski definition) is 8. The fraction of sp³-hybridized carbons (Fsp3) is 0.600. The molecule has 0 aromatic carbocycles. The maximum atomic E-state index is 12.4. The molecule has 10 N–H and O–H groups in total. The van der Waals surface area contributed by atoms with Gasteiger partial charge in [0.15, 0.2) is 0 Å². The van der Waals surface area contributed by atoms with Gasteiger partial charge in [0.1, 0.15) is 18.1 Å². The molecule has 4 atom stereocenters. The molecule has 29 heavy (non-hydrogen) atoms. The van der Waals surface area contributed by atoms with Crippen molar-refractivity contribution in [3.8, 4) is 0 Å². The zero-order valence-electron chi connectivity index (χ0n) is 15.7. The highest BCUT2D eigenvalue weighted by Gasteiger charge is 2.30. The maximum absolute atomic E-state index is 12.4. The number of hydrogen-bond donors (Lipinski definition) is 8. The Morgan fingerprint density at radius 1 is 0.862 bits per heavy atom. The summed E-state index contributed by atoms with van der Waals surface area (Å²) < 4.78 is 0. The predicted octanol–water partition coefficient (Wildman–Crippen LogP) is -4.06. The molecule has 0 saturated carbocycles. The summed E-state index contributed by atoms with van der Waals surface area (Å²) in [6.45, 7) is 1.36. The van der Waals surface area contributed by atoms with Crippen LogP contribution in [0.15, 0.2) is 0 Å². The third-order valence-electron chi connectivity index (χ3n) is 3.56. The number of nitrogens with two attached hydrogens (primary N) is 3. The summed E-state index contributed by atoms with van der Waals surface area (Å²) in [7, 11) is 0. The third-order valence-corrected chi connectivity index (χ3v) is 3.93. The third kappa shape index (κ3) is 10.3. The van der Waals surface area contributed by atoms with Crippen LogP contribution in [0.2, 0.25) is 0 Å². The average molecular weight is 434 g/mol. The van der Waals surface area contributed by atoms with Crippen LogP contribution in [0, 0.1) is 0 Å². The fourth-order valence-corrected chi connectivity index (χ4v) is 2.25. The molecule has 0 rings (SSSR count). The van der Waals surface area contributed by atoms with Crippen molar-refractivity contribution in [3.05, 3.63) is 0 Å². The van der Waals surface area contributed by atoms with Gasteiger partial charge in [0.2, 0.25) is 29.5 Å². The van der Waals surface area contributed by atoms with Crippen LogP contribution in [0.5, 0.6) is 0 Å². The van der Waals surface area contributed by atoms with Gasteiger partial charge in [0.05, 0.1) is 12.5 Å². The van der Waals surface area contributed by atoms with Gasteiger partial charge in [-0.2, -0.15) is 12.6 Å². The maximum Gasteiger partial charge on any atom is 0.326 e. The molecule has 0 radical (unpaired) electrons. The van der Waals surface area contributed by atoms with E-state index in [1.54, 1.807) is 0 Å². The number of aliphatic carboxylic acids is 1. The van der Waals surface area contributed by atoms with Crippen LogP contribution in [0.1, 0.15) is 26.2 Å². The molecule has 0 bridgehead atoms. The highest BCUT2D eigenvalue weighted by atomic mass is 32.1. The molecule has 5 amide bonds. The van der Waals surface area contributed by atoms with E-state index in [1.165, 1.54) is 6.92 Å². The quantitative estimate of drug-likeness (QED) is 0.132. The Balaban J connectivity index is 5.16. The van der Waals surface area contributed by atoms with Gasteiger partial charge in [-0.15, -0.1) is 0 Å². The van der Waals surface area contributed by atoms with E-state index < -0.39 is 66.1 Å². The van der Waals surface area contributed by atoms with E-state index in [0.29, 0.717) is 0 Å². The molecule has 0 aromatic rings. The van der Waals surface area contributed by atoms with Crippen molar-refractivity contribution in [1.82, 2.24) is 16.0 Å². The molecular formula is C15H26N6O7S. The average Bonchev–Trinajstić information content (AvgIpc) is 2.60. The second-order valence-electron chi connectivity index (χ2n) is 6.17. The SMILES string of the molecule is CC(N)C(=O)NC(CC(N)=O)C(=O)NC(CS)C(=O)NC(CCC(N)=O)C(=O)O. The number of rotatable bonds is 13. The van der Waals surface area contributed by atoms with Crippen molar-refractivity contribution in [1.29, 1.82) is 0 Å². The van der Waals surface area contributed by atoms with E-state index in [-0.39, 0.29) is 18.6 Å². The van der Waals surface area contributed by atoms with Crippen LogP contribution in [-0.4, -0.2) is 70.5 Å². The number of carbonyl (C=O) groups is 6. The second-order valence-corrected chi connectivity index (χ2v) is 6.53. The Kier molecular flexibility index (Phi) is 11.3. The monoisotopic (exact) mass is 434 g/mol. The molecule has 13 nitrogen and oxygen atoms in total. The van der Waals surface area contributed by atoms with Crippen LogP contribution >= 0.6 is 12.6 Å². The Bertz CT molecular complexity index is 657. The molecule has 0 fully saturated rings. The lowest BCUT2D eigenvalue weighted by atomic mass is 10.1. The van der Waals surface area contributed by atoms with Gasteiger partial charge in [-0.3, -0.25) is 24.0 Å². The minimum absolute atomic E-state index is 0.232. The van der Waals surface area contributed by atoms with Gasteiger partial charge >= 0.3 is 5.97 Å². The van der Waals surface area contributed by atoms with E-state index >= 15 is 0 Å². The Labute approximate surface area is 171 Å². The largest absolute Gasteiger partial charge is 0.480 e. The Morgan fingerprint density at radius 3 is 1.76 bits per heavy atom. The molecule has 0 aliphatic heterocycles. The number of primary amides is 2. The van der Waals surface area contributed by atoms with Crippen molar-refractivity contribution in [3.63, 3.8) is 0 Å². The molecule has 0 aliphatic carbocycles. The lowest BCUT2D eigenvalue weighted by molar-refractivity contribution is -0.142. The van der Waals surface area contributed by atoms with Gasteiger partial charge in [-0.05, 0) is 13.3 Å². The highest BCUT2D eigenvalue weighted by molar-refractivity contribution is 7.80. The van der Waals surface area contributed by atoms with Crippen LogP contribution in [0.25, 0.3) is 0 Å². The summed E-state index contributed by atoms with van der Waals surface area (Å²) in [4.78, 5) is 69.6. The van der Waals surface area contributed by atoms with Crippen molar-refractivity contribution >= 4 is 48.1 Å². The van der Waals surface area contributed by atoms with Crippen LogP contribution in [0.4, 0.5) is 0 Å². The van der Waals surface area contributed by atoms with E-state index in [2.05, 4.69) is 28.6 Å². The lowest BCUT2D eigenvalue weighted by Gasteiger charge is -2.23. The van der Waals surface area contributed by atoms with Crippen molar-refractivity contribution in [2.75, 3.05) is 5.75 Å². The molecule has 0 aromatic heterocycles. The summed E-state index contributed by atoms with van der Waals surface area (Å²) in [5, 5.41) is 15.8. The van der Waals surface area contributed by atoms with Crippen molar-refractivity contribution < 1.29 is 33.9 Å². The molecule has 0 spiro atoms. The first kappa shape index (κ1) is 26.1. The number of nitrogens with one attached hydrogen (secondary N) is 3. The van der Waals surface area contributed by atoms with Crippen LogP contribution < -0.4 is 33.2 Å². The Hall–Kier alpha value is -2.87. The lowest BCUT2D eigenvalue weighted by Crippen LogP contribution is -2.58. The molecule has 14 heteroatoms. The molecule has 0 aliphatic rings. The summed E-state index contributed by atoms with van der Waals surface area (Å²) >= 11 is 3.93. The normalized spacial score (nSPS) is 14.6. The van der Waals surface area contributed by atoms with Gasteiger partial charge in [-0.25, -0.2) is 4.79 Å². The zero-order valence-corrected chi connectivity index (χ0v) is 16.6. The summed E-state index contributed by atoms with van der Waals surface area (Å²) in [5.74, 6) is -5.82. The minimum atomic E-state index is -1.42. The van der Waals surface area contributed by atoms with E-state index in [1.807, 2.05) is 0 Å². The first-order valence-electron chi connectivity index (χ1n) is 8.46. The van der Waals surface area contributed by atoms with Gasteiger partial charge in [0.25, 0.3) is 0 Å². The highest BCUT2D eigenvalue weighted by Crippen LogP contribution is 2.01. The van der Waals surface area contributed by atoms with Crippen LogP contribution in [-0.2, 0) is 28.8 Å².